The van der Waals surface area contributed by atoms with Gasteiger partial charge in [-0.2, -0.15) is 0 Å². The molecule has 0 spiro atoms. The number of benzene rings is 1. The second kappa shape index (κ2) is 7.27. The smallest absolute Gasteiger partial charge is 0.240 e. The van der Waals surface area contributed by atoms with E-state index < -0.39 is 10.0 Å². The van der Waals surface area contributed by atoms with E-state index in [-0.39, 0.29) is 12.1 Å². The molecule has 0 saturated heterocycles. The third-order valence-electron chi connectivity index (χ3n) is 3.68. The van der Waals surface area contributed by atoms with E-state index in [2.05, 4.69) is 4.72 Å². The van der Waals surface area contributed by atoms with Crippen LogP contribution in [0, 0.1) is 0 Å². The van der Waals surface area contributed by atoms with E-state index in [4.69, 9.17) is 4.74 Å². The van der Waals surface area contributed by atoms with Gasteiger partial charge in [0.1, 0.15) is 5.75 Å². The zero-order valence-corrected chi connectivity index (χ0v) is 13.7. The van der Waals surface area contributed by atoms with Gasteiger partial charge in [0.2, 0.25) is 10.0 Å². The summed E-state index contributed by atoms with van der Waals surface area (Å²) in [5, 5.41) is 0. The predicted molar refractivity (Wildman–Crippen MR) is 84.0 cm³/mol. The lowest BCUT2D eigenvalue weighted by Crippen LogP contribution is -2.34. The van der Waals surface area contributed by atoms with Crippen molar-refractivity contribution < 1.29 is 13.2 Å². The van der Waals surface area contributed by atoms with Crippen LogP contribution in [0.1, 0.15) is 52.4 Å². The molecule has 1 saturated carbocycles. The fourth-order valence-electron chi connectivity index (χ4n) is 2.65. The summed E-state index contributed by atoms with van der Waals surface area (Å²) in [6.45, 7) is 3.89. The molecule has 1 aromatic rings. The van der Waals surface area contributed by atoms with Crippen molar-refractivity contribution in [2.45, 2.75) is 69.4 Å². The molecule has 0 heterocycles. The summed E-state index contributed by atoms with van der Waals surface area (Å²) in [4.78, 5) is 0.308. The Morgan fingerprint density at radius 1 is 1.05 bits per heavy atom. The van der Waals surface area contributed by atoms with Crippen LogP contribution in [0.3, 0.4) is 0 Å². The van der Waals surface area contributed by atoms with Gasteiger partial charge in [0.05, 0.1) is 11.0 Å². The van der Waals surface area contributed by atoms with Crippen molar-refractivity contribution in [1.29, 1.82) is 0 Å². The molecule has 0 bridgehead atoms. The Morgan fingerprint density at radius 3 is 2.14 bits per heavy atom. The van der Waals surface area contributed by atoms with Crippen LogP contribution in [0.5, 0.6) is 5.75 Å². The van der Waals surface area contributed by atoms with Crippen LogP contribution in [-0.4, -0.2) is 20.6 Å². The summed E-state index contributed by atoms with van der Waals surface area (Å²) < 4.78 is 33.2. The molecule has 1 fully saturated rings. The lowest BCUT2D eigenvalue weighted by Gasteiger charge is -2.16. The lowest BCUT2D eigenvalue weighted by atomic mass is 10.1. The maximum absolute atomic E-state index is 12.4. The van der Waals surface area contributed by atoms with E-state index in [1.807, 2.05) is 13.8 Å². The Bertz CT molecular complexity index is 529. The molecule has 0 unspecified atom stereocenters. The zero-order valence-electron chi connectivity index (χ0n) is 12.8. The van der Waals surface area contributed by atoms with Crippen molar-refractivity contribution in [3.8, 4) is 5.75 Å². The van der Waals surface area contributed by atoms with Crippen LogP contribution in [0.25, 0.3) is 0 Å². The minimum Gasteiger partial charge on any atom is -0.491 e. The van der Waals surface area contributed by atoms with E-state index in [1.165, 1.54) is 12.8 Å². The molecule has 1 aliphatic carbocycles. The molecule has 1 aromatic carbocycles. The van der Waals surface area contributed by atoms with Gasteiger partial charge in [-0.05, 0) is 51.0 Å². The summed E-state index contributed by atoms with van der Waals surface area (Å²) in [5.74, 6) is 0.693. The van der Waals surface area contributed by atoms with E-state index in [9.17, 15) is 8.42 Å². The molecular weight excluding hydrogens is 286 g/mol. The first-order valence-corrected chi connectivity index (χ1v) is 9.25. The molecule has 21 heavy (non-hydrogen) atoms. The van der Waals surface area contributed by atoms with Crippen LogP contribution < -0.4 is 9.46 Å². The number of sulfonamides is 1. The van der Waals surface area contributed by atoms with E-state index in [0.717, 1.165) is 25.7 Å². The Balaban J connectivity index is 2.04. The Morgan fingerprint density at radius 2 is 1.62 bits per heavy atom. The van der Waals surface area contributed by atoms with Gasteiger partial charge in [-0.15, -0.1) is 0 Å². The standard InChI is InChI=1S/C16H25NO3S/c1-13(2)20-15-9-11-16(12-10-15)21(18,19)17-14-7-5-3-4-6-8-14/h9-14,17H,3-8H2,1-2H3. The van der Waals surface area contributed by atoms with Crippen LogP contribution >= 0.6 is 0 Å². The lowest BCUT2D eigenvalue weighted by molar-refractivity contribution is 0.242. The summed E-state index contributed by atoms with van der Waals surface area (Å²) in [6, 6.07) is 6.71. The van der Waals surface area contributed by atoms with E-state index >= 15 is 0 Å². The van der Waals surface area contributed by atoms with E-state index in [0.29, 0.717) is 10.6 Å². The quantitative estimate of drug-likeness (QED) is 0.847. The van der Waals surface area contributed by atoms with Gasteiger partial charge in [0.15, 0.2) is 0 Å². The molecule has 0 aromatic heterocycles. The van der Waals surface area contributed by atoms with Gasteiger partial charge in [-0.25, -0.2) is 13.1 Å². The Kier molecular flexibility index (Phi) is 5.65. The van der Waals surface area contributed by atoms with Crippen LogP contribution in [-0.2, 0) is 10.0 Å². The highest BCUT2D eigenvalue weighted by Gasteiger charge is 2.21. The number of hydrogen-bond acceptors (Lipinski definition) is 3. The summed E-state index contributed by atoms with van der Waals surface area (Å²) >= 11 is 0. The highest BCUT2D eigenvalue weighted by molar-refractivity contribution is 7.89. The highest BCUT2D eigenvalue weighted by atomic mass is 32.2. The first kappa shape index (κ1) is 16.3. The second-order valence-electron chi connectivity index (χ2n) is 5.95. The molecule has 0 aliphatic heterocycles. The van der Waals surface area contributed by atoms with Crippen molar-refractivity contribution >= 4 is 10.0 Å². The fourth-order valence-corrected chi connectivity index (χ4v) is 3.96. The minimum atomic E-state index is -3.43. The zero-order chi connectivity index (χ0) is 15.3. The van der Waals surface area contributed by atoms with Crippen LogP contribution in [0.4, 0.5) is 0 Å². The van der Waals surface area contributed by atoms with Gasteiger partial charge >= 0.3 is 0 Å². The largest absolute Gasteiger partial charge is 0.491 e. The summed E-state index contributed by atoms with van der Waals surface area (Å²) in [7, 11) is -3.43. The summed E-state index contributed by atoms with van der Waals surface area (Å²) in [5.41, 5.74) is 0. The maximum Gasteiger partial charge on any atom is 0.240 e. The molecule has 0 atom stereocenters. The monoisotopic (exact) mass is 311 g/mol. The molecule has 0 radical (unpaired) electrons. The predicted octanol–water partition coefficient (Wildman–Crippen LogP) is 3.47. The third kappa shape index (κ3) is 5.00. The third-order valence-corrected chi connectivity index (χ3v) is 5.22. The number of ether oxygens (including phenoxy) is 1. The number of rotatable bonds is 5. The van der Waals surface area contributed by atoms with Crippen LogP contribution in [0.15, 0.2) is 29.2 Å². The van der Waals surface area contributed by atoms with Crippen LogP contribution in [0.2, 0.25) is 0 Å². The molecule has 1 N–H and O–H groups in total. The van der Waals surface area contributed by atoms with Crippen molar-refractivity contribution in [3.05, 3.63) is 24.3 Å². The first-order chi connectivity index (χ1) is 9.97. The van der Waals surface area contributed by atoms with Gasteiger partial charge in [-0.3, -0.25) is 0 Å². The van der Waals surface area contributed by atoms with Gasteiger partial charge in [-0.1, -0.05) is 25.7 Å². The second-order valence-corrected chi connectivity index (χ2v) is 7.66. The Labute approximate surface area is 127 Å². The molecular formula is C16H25NO3S. The van der Waals surface area contributed by atoms with Gasteiger partial charge < -0.3 is 4.74 Å². The molecule has 118 valence electrons. The maximum atomic E-state index is 12.4. The fraction of sp³-hybridized carbons (Fsp3) is 0.625. The SMILES string of the molecule is CC(C)Oc1ccc(S(=O)(=O)NC2CCCCCC2)cc1. The minimum absolute atomic E-state index is 0.0732. The molecule has 0 amide bonds. The van der Waals surface area contributed by atoms with Crippen molar-refractivity contribution in [2.75, 3.05) is 0 Å². The first-order valence-electron chi connectivity index (χ1n) is 7.76. The summed E-state index contributed by atoms with van der Waals surface area (Å²) in [6.07, 6.45) is 6.58. The molecule has 2 rings (SSSR count). The van der Waals surface area contributed by atoms with Gasteiger partial charge in [0.25, 0.3) is 0 Å². The van der Waals surface area contributed by atoms with Crippen molar-refractivity contribution in [1.82, 2.24) is 4.72 Å². The van der Waals surface area contributed by atoms with Crippen molar-refractivity contribution in [2.24, 2.45) is 0 Å². The van der Waals surface area contributed by atoms with Gasteiger partial charge in [0, 0.05) is 6.04 Å². The normalized spacial score (nSPS) is 17.7. The molecule has 1 aliphatic rings. The average molecular weight is 311 g/mol. The number of nitrogens with one attached hydrogen (secondary N) is 1. The Hall–Kier alpha value is -1.07. The molecule has 5 heteroatoms. The highest BCUT2D eigenvalue weighted by Crippen LogP contribution is 2.21. The van der Waals surface area contributed by atoms with E-state index in [1.54, 1.807) is 24.3 Å². The molecule has 4 nitrogen and oxygen atoms in total. The average Bonchev–Trinajstić information content (AvgIpc) is 2.67. The number of hydrogen-bond donors (Lipinski definition) is 1. The van der Waals surface area contributed by atoms with Crippen molar-refractivity contribution in [3.63, 3.8) is 0 Å². The topological polar surface area (TPSA) is 55.4 Å².